The second-order valence-corrected chi connectivity index (χ2v) is 3.04. The Labute approximate surface area is 62.1 Å². The molecule has 2 nitrogen and oxygen atoms in total. The fourth-order valence-electron chi connectivity index (χ4n) is 1.38. The summed E-state index contributed by atoms with van der Waals surface area (Å²) in [5.74, 6) is 0.728. The largest absolute Gasteiger partial charge is 0.381 e. The highest BCUT2D eigenvalue weighted by atomic mass is 16.5. The van der Waals surface area contributed by atoms with Crippen LogP contribution in [0.25, 0.3) is 0 Å². The SMILES string of the molecule is CC(=N)CC1CCOCC1. The van der Waals surface area contributed by atoms with Crippen LogP contribution in [0, 0.1) is 11.3 Å². The molecule has 10 heavy (non-hydrogen) atoms. The zero-order valence-corrected chi connectivity index (χ0v) is 6.52. The van der Waals surface area contributed by atoms with Crippen LogP contribution in [0.3, 0.4) is 0 Å². The Kier molecular flexibility index (Phi) is 2.87. The summed E-state index contributed by atoms with van der Waals surface area (Å²) in [4.78, 5) is 0. The van der Waals surface area contributed by atoms with Gasteiger partial charge in [-0.15, -0.1) is 0 Å². The highest BCUT2D eigenvalue weighted by molar-refractivity contribution is 5.78. The minimum absolute atomic E-state index is 0.728. The number of hydrogen-bond donors (Lipinski definition) is 1. The van der Waals surface area contributed by atoms with Crippen LogP contribution in [0.1, 0.15) is 26.2 Å². The quantitative estimate of drug-likeness (QED) is 0.585. The van der Waals surface area contributed by atoms with Crippen molar-refractivity contribution in [3.05, 3.63) is 0 Å². The van der Waals surface area contributed by atoms with Gasteiger partial charge in [0, 0.05) is 18.9 Å². The monoisotopic (exact) mass is 141 g/mol. The van der Waals surface area contributed by atoms with Crippen LogP contribution in [0.4, 0.5) is 0 Å². The van der Waals surface area contributed by atoms with Gasteiger partial charge in [0.1, 0.15) is 0 Å². The molecule has 0 spiro atoms. The van der Waals surface area contributed by atoms with E-state index in [0.29, 0.717) is 0 Å². The van der Waals surface area contributed by atoms with Crippen LogP contribution in [0.2, 0.25) is 0 Å². The first-order valence-corrected chi connectivity index (χ1v) is 3.91. The standard InChI is InChI=1S/C8H15NO/c1-7(9)6-8-2-4-10-5-3-8/h8-9H,2-6H2,1H3. The zero-order valence-electron chi connectivity index (χ0n) is 6.52. The molecule has 0 aromatic heterocycles. The molecular formula is C8H15NO. The number of rotatable bonds is 2. The first-order valence-electron chi connectivity index (χ1n) is 3.91. The molecule has 1 aliphatic rings. The van der Waals surface area contributed by atoms with Crippen molar-refractivity contribution in [1.29, 1.82) is 5.41 Å². The van der Waals surface area contributed by atoms with E-state index in [4.69, 9.17) is 10.1 Å². The predicted molar refractivity (Wildman–Crippen MR) is 41.6 cm³/mol. The van der Waals surface area contributed by atoms with Gasteiger partial charge in [-0.3, -0.25) is 0 Å². The molecule has 0 bridgehead atoms. The van der Waals surface area contributed by atoms with E-state index < -0.39 is 0 Å². The Morgan fingerprint density at radius 3 is 2.60 bits per heavy atom. The summed E-state index contributed by atoms with van der Waals surface area (Å²) in [5, 5.41) is 7.29. The Morgan fingerprint density at radius 1 is 1.50 bits per heavy atom. The highest BCUT2D eigenvalue weighted by Gasteiger charge is 2.13. The molecule has 0 aliphatic carbocycles. The maximum Gasteiger partial charge on any atom is 0.0468 e. The minimum Gasteiger partial charge on any atom is -0.381 e. The van der Waals surface area contributed by atoms with Crippen LogP contribution >= 0.6 is 0 Å². The third-order valence-electron chi connectivity index (χ3n) is 1.94. The number of nitrogens with one attached hydrogen (secondary N) is 1. The van der Waals surface area contributed by atoms with Crippen LogP contribution < -0.4 is 0 Å². The Balaban J connectivity index is 2.19. The molecule has 1 N–H and O–H groups in total. The van der Waals surface area contributed by atoms with Crippen LogP contribution in [0.15, 0.2) is 0 Å². The molecule has 0 aromatic rings. The molecule has 0 saturated carbocycles. The number of hydrogen-bond acceptors (Lipinski definition) is 2. The highest BCUT2D eigenvalue weighted by Crippen LogP contribution is 2.18. The molecule has 58 valence electrons. The lowest BCUT2D eigenvalue weighted by Gasteiger charge is -2.21. The van der Waals surface area contributed by atoms with E-state index in [9.17, 15) is 0 Å². The minimum atomic E-state index is 0.728. The topological polar surface area (TPSA) is 33.1 Å². The fourth-order valence-corrected chi connectivity index (χ4v) is 1.38. The van der Waals surface area contributed by atoms with E-state index in [0.717, 1.165) is 44.1 Å². The van der Waals surface area contributed by atoms with Crippen molar-refractivity contribution in [2.75, 3.05) is 13.2 Å². The van der Waals surface area contributed by atoms with Crippen molar-refractivity contribution >= 4 is 5.71 Å². The van der Waals surface area contributed by atoms with E-state index in [1.165, 1.54) is 0 Å². The van der Waals surface area contributed by atoms with Crippen LogP contribution in [-0.2, 0) is 4.74 Å². The normalized spacial score (nSPS) is 20.9. The van der Waals surface area contributed by atoms with E-state index in [-0.39, 0.29) is 0 Å². The average Bonchev–Trinajstić information content (AvgIpc) is 1.88. The Bertz CT molecular complexity index is 116. The third-order valence-corrected chi connectivity index (χ3v) is 1.94. The predicted octanol–water partition coefficient (Wildman–Crippen LogP) is 1.84. The molecule has 0 amide bonds. The second kappa shape index (κ2) is 3.71. The Hall–Kier alpha value is -0.370. The zero-order chi connectivity index (χ0) is 7.40. The van der Waals surface area contributed by atoms with E-state index in [1.807, 2.05) is 6.92 Å². The summed E-state index contributed by atoms with van der Waals surface area (Å²) in [5.41, 5.74) is 0.812. The van der Waals surface area contributed by atoms with Crippen molar-refractivity contribution in [2.45, 2.75) is 26.2 Å². The van der Waals surface area contributed by atoms with Crippen molar-refractivity contribution in [3.63, 3.8) is 0 Å². The second-order valence-electron chi connectivity index (χ2n) is 3.04. The van der Waals surface area contributed by atoms with Gasteiger partial charge in [-0.2, -0.15) is 0 Å². The molecule has 2 heteroatoms. The lowest BCUT2D eigenvalue weighted by molar-refractivity contribution is 0.0684. The molecular weight excluding hydrogens is 126 g/mol. The lowest BCUT2D eigenvalue weighted by Crippen LogP contribution is -2.17. The van der Waals surface area contributed by atoms with E-state index >= 15 is 0 Å². The van der Waals surface area contributed by atoms with Crippen molar-refractivity contribution in [1.82, 2.24) is 0 Å². The molecule has 0 atom stereocenters. The van der Waals surface area contributed by atoms with Gasteiger partial charge in [-0.25, -0.2) is 0 Å². The summed E-state index contributed by atoms with van der Waals surface area (Å²) in [6.07, 6.45) is 3.27. The van der Waals surface area contributed by atoms with E-state index in [1.54, 1.807) is 0 Å². The number of ether oxygens (including phenoxy) is 1. The third kappa shape index (κ3) is 2.48. The molecule has 0 radical (unpaired) electrons. The van der Waals surface area contributed by atoms with Crippen molar-refractivity contribution in [3.8, 4) is 0 Å². The average molecular weight is 141 g/mol. The first kappa shape index (κ1) is 7.73. The first-order chi connectivity index (χ1) is 4.79. The van der Waals surface area contributed by atoms with Gasteiger partial charge in [0.2, 0.25) is 0 Å². The summed E-state index contributed by atoms with van der Waals surface area (Å²) < 4.78 is 5.21. The summed E-state index contributed by atoms with van der Waals surface area (Å²) >= 11 is 0. The fraction of sp³-hybridized carbons (Fsp3) is 0.875. The molecule has 1 aliphatic heterocycles. The van der Waals surface area contributed by atoms with Gasteiger partial charge in [0.15, 0.2) is 0 Å². The van der Waals surface area contributed by atoms with Gasteiger partial charge in [0.25, 0.3) is 0 Å². The van der Waals surface area contributed by atoms with Crippen molar-refractivity contribution in [2.24, 2.45) is 5.92 Å². The van der Waals surface area contributed by atoms with Gasteiger partial charge in [-0.1, -0.05) is 0 Å². The molecule has 0 aromatic carbocycles. The summed E-state index contributed by atoms with van der Waals surface area (Å²) in [7, 11) is 0. The smallest absolute Gasteiger partial charge is 0.0468 e. The van der Waals surface area contributed by atoms with Crippen molar-refractivity contribution < 1.29 is 4.74 Å². The molecule has 1 rings (SSSR count). The van der Waals surface area contributed by atoms with E-state index in [2.05, 4.69) is 0 Å². The molecule has 0 unspecified atom stereocenters. The van der Waals surface area contributed by atoms with Gasteiger partial charge >= 0.3 is 0 Å². The van der Waals surface area contributed by atoms with Crippen LogP contribution in [0.5, 0.6) is 0 Å². The lowest BCUT2D eigenvalue weighted by atomic mass is 9.95. The van der Waals surface area contributed by atoms with Gasteiger partial charge in [-0.05, 0) is 32.1 Å². The summed E-state index contributed by atoms with van der Waals surface area (Å²) in [6.45, 7) is 3.69. The molecule has 1 heterocycles. The van der Waals surface area contributed by atoms with Gasteiger partial charge < -0.3 is 10.1 Å². The summed E-state index contributed by atoms with van der Waals surface area (Å²) in [6, 6.07) is 0. The Morgan fingerprint density at radius 2 is 2.10 bits per heavy atom. The molecule has 1 saturated heterocycles. The maximum atomic E-state index is 7.29. The molecule has 1 fully saturated rings. The maximum absolute atomic E-state index is 7.29. The van der Waals surface area contributed by atoms with Crippen LogP contribution in [-0.4, -0.2) is 18.9 Å². The van der Waals surface area contributed by atoms with Gasteiger partial charge in [0.05, 0.1) is 0 Å².